The van der Waals surface area contributed by atoms with Gasteiger partial charge in [0, 0.05) is 18.7 Å². The van der Waals surface area contributed by atoms with Crippen molar-refractivity contribution in [2.75, 3.05) is 21.9 Å². The Morgan fingerprint density at radius 1 is 1.21 bits per heavy atom. The van der Waals surface area contributed by atoms with Crippen LogP contribution < -0.4 is 9.62 Å². The van der Waals surface area contributed by atoms with Gasteiger partial charge in [-0.05, 0) is 43.0 Å². The van der Waals surface area contributed by atoms with Crippen LogP contribution in [0.2, 0.25) is 0 Å². The van der Waals surface area contributed by atoms with E-state index in [1.807, 2.05) is 17.0 Å². The smallest absolute Gasteiger partial charge is 0.232 e. The molecule has 0 saturated carbocycles. The lowest BCUT2D eigenvalue weighted by Crippen LogP contribution is -2.32. The predicted octanol–water partition coefficient (Wildman–Crippen LogP) is 1.28. The van der Waals surface area contributed by atoms with Crippen LogP contribution in [0.15, 0.2) is 12.1 Å². The lowest BCUT2D eigenvalue weighted by atomic mass is 9.99. The lowest BCUT2D eigenvalue weighted by Gasteiger charge is -2.25. The number of hydrogen-bond donors (Lipinski definition) is 1. The first kappa shape index (κ1) is 12.5. The molecule has 6 heteroatoms. The van der Waals surface area contributed by atoms with Crippen molar-refractivity contribution >= 4 is 27.3 Å². The van der Waals surface area contributed by atoms with Gasteiger partial charge >= 0.3 is 0 Å². The Kier molecular flexibility index (Phi) is 2.78. The van der Waals surface area contributed by atoms with Crippen molar-refractivity contribution in [2.45, 2.75) is 26.2 Å². The number of nitrogens with zero attached hydrogens (tertiary/aromatic N) is 1. The van der Waals surface area contributed by atoms with Crippen molar-refractivity contribution in [1.29, 1.82) is 0 Å². The van der Waals surface area contributed by atoms with E-state index in [9.17, 15) is 13.2 Å². The first-order valence-corrected chi connectivity index (χ1v) is 8.12. The predicted molar refractivity (Wildman–Crippen MR) is 73.9 cm³/mol. The number of anilines is 2. The second-order valence-corrected chi connectivity index (χ2v) is 6.95. The van der Waals surface area contributed by atoms with Crippen LogP contribution in [0.1, 0.15) is 24.5 Å². The number of aryl methyl sites for hydroxylation is 1. The number of amides is 1. The molecule has 0 fully saturated rings. The summed E-state index contributed by atoms with van der Waals surface area (Å²) in [5, 5.41) is 0. The first-order valence-electron chi connectivity index (χ1n) is 6.47. The van der Waals surface area contributed by atoms with E-state index in [4.69, 9.17) is 0 Å². The average Bonchev–Trinajstić information content (AvgIpc) is 2.79. The Balaban J connectivity index is 2.02. The SMILES string of the molecule is CCS(=O)(=O)Nc1cc2c3c(c1)CCN3C(=O)CC2. The maximum atomic E-state index is 11.8. The highest BCUT2D eigenvalue weighted by molar-refractivity contribution is 7.92. The van der Waals surface area contributed by atoms with Gasteiger partial charge in [-0.25, -0.2) is 8.42 Å². The highest BCUT2D eigenvalue weighted by atomic mass is 32.2. The van der Waals surface area contributed by atoms with Crippen LogP contribution in [0.25, 0.3) is 0 Å². The molecule has 102 valence electrons. The third-order valence-electron chi connectivity index (χ3n) is 3.71. The molecular formula is C13H16N2O3S. The van der Waals surface area contributed by atoms with Gasteiger partial charge in [-0.3, -0.25) is 9.52 Å². The first-order chi connectivity index (χ1) is 9.00. The van der Waals surface area contributed by atoms with E-state index in [0.29, 0.717) is 25.1 Å². The molecule has 1 aromatic rings. The third kappa shape index (κ3) is 2.10. The van der Waals surface area contributed by atoms with Crippen molar-refractivity contribution in [1.82, 2.24) is 0 Å². The molecule has 0 atom stereocenters. The van der Waals surface area contributed by atoms with Gasteiger partial charge in [0.25, 0.3) is 0 Å². The molecule has 2 aliphatic heterocycles. The summed E-state index contributed by atoms with van der Waals surface area (Å²) in [6.07, 6.45) is 2.01. The van der Waals surface area contributed by atoms with Gasteiger partial charge in [-0.1, -0.05) is 0 Å². The molecule has 5 nitrogen and oxygen atoms in total. The number of sulfonamides is 1. The summed E-state index contributed by atoms with van der Waals surface area (Å²) < 4.78 is 25.8. The van der Waals surface area contributed by atoms with Crippen molar-refractivity contribution in [3.05, 3.63) is 23.3 Å². The van der Waals surface area contributed by atoms with Crippen LogP contribution in [-0.4, -0.2) is 26.6 Å². The van der Waals surface area contributed by atoms with Crippen LogP contribution in [0.4, 0.5) is 11.4 Å². The number of benzene rings is 1. The van der Waals surface area contributed by atoms with Gasteiger partial charge in [0.2, 0.25) is 15.9 Å². The van der Waals surface area contributed by atoms with Gasteiger partial charge in [0.1, 0.15) is 0 Å². The van der Waals surface area contributed by atoms with Crippen LogP contribution in [-0.2, 0) is 27.7 Å². The molecule has 3 rings (SSSR count). The fourth-order valence-corrected chi connectivity index (χ4v) is 3.39. The summed E-state index contributed by atoms with van der Waals surface area (Å²) in [5.74, 6) is 0.234. The minimum Gasteiger partial charge on any atom is -0.312 e. The quantitative estimate of drug-likeness (QED) is 0.907. The molecule has 0 radical (unpaired) electrons. The van der Waals surface area contributed by atoms with Crippen molar-refractivity contribution in [3.8, 4) is 0 Å². The normalized spacial score (nSPS) is 17.5. The molecule has 19 heavy (non-hydrogen) atoms. The zero-order valence-corrected chi connectivity index (χ0v) is 11.6. The third-order valence-corrected chi connectivity index (χ3v) is 5.01. The Labute approximate surface area is 112 Å². The molecule has 0 saturated heterocycles. The fourth-order valence-electron chi connectivity index (χ4n) is 2.77. The number of carbonyl (C=O) groups excluding carboxylic acids is 1. The molecule has 0 spiro atoms. The summed E-state index contributed by atoms with van der Waals surface area (Å²) in [5.41, 5.74) is 3.77. The van der Waals surface area contributed by atoms with Crippen molar-refractivity contribution < 1.29 is 13.2 Å². The van der Waals surface area contributed by atoms with Gasteiger partial charge < -0.3 is 4.90 Å². The summed E-state index contributed by atoms with van der Waals surface area (Å²) in [7, 11) is -3.25. The molecule has 0 aromatic heterocycles. The topological polar surface area (TPSA) is 66.5 Å². The maximum absolute atomic E-state index is 11.8. The van der Waals surface area contributed by atoms with E-state index in [-0.39, 0.29) is 11.7 Å². The molecular weight excluding hydrogens is 264 g/mol. The average molecular weight is 280 g/mol. The molecule has 0 aliphatic carbocycles. The molecule has 2 heterocycles. The largest absolute Gasteiger partial charge is 0.312 e. The van der Waals surface area contributed by atoms with Gasteiger partial charge in [-0.15, -0.1) is 0 Å². The van der Waals surface area contributed by atoms with E-state index < -0.39 is 10.0 Å². The minimum absolute atomic E-state index is 0.0596. The van der Waals surface area contributed by atoms with Crippen LogP contribution >= 0.6 is 0 Å². The van der Waals surface area contributed by atoms with E-state index in [0.717, 1.165) is 23.2 Å². The van der Waals surface area contributed by atoms with Crippen LogP contribution in [0.3, 0.4) is 0 Å². The Hall–Kier alpha value is -1.56. The number of carbonyl (C=O) groups is 1. The van der Waals surface area contributed by atoms with Crippen LogP contribution in [0.5, 0.6) is 0 Å². The fraction of sp³-hybridized carbons (Fsp3) is 0.462. The minimum atomic E-state index is -3.25. The van der Waals surface area contributed by atoms with Crippen LogP contribution in [0, 0.1) is 0 Å². The Morgan fingerprint density at radius 3 is 2.58 bits per heavy atom. The van der Waals surface area contributed by atoms with E-state index >= 15 is 0 Å². The Bertz CT molecular complexity index is 652. The zero-order valence-electron chi connectivity index (χ0n) is 10.8. The summed E-state index contributed by atoms with van der Waals surface area (Å²) in [6.45, 7) is 2.32. The summed E-state index contributed by atoms with van der Waals surface area (Å²) in [4.78, 5) is 13.6. The standard InChI is InChI=1S/C13H16N2O3S/c1-2-19(17,18)14-11-7-9-3-4-12(16)15-6-5-10(8-11)13(9)15/h7-8,14H,2-6H2,1H3. The Morgan fingerprint density at radius 2 is 1.89 bits per heavy atom. The van der Waals surface area contributed by atoms with Gasteiger partial charge in [-0.2, -0.15) is 0 Å². The molecule has 1 aromatic carbocycles. The van der Waals surface area contributed by atoms with E-state index in [2.05, 4.69) is 4.72 Å². The van der Waals surface area contributed by atoms with E-state index in [1.54, 1.807) is 6.92 Å². The van der Waals surface area contributed by atoms with Crippen molar-refractivity contribution in [3.63, 3.8) is 0 Å². The number of hydrogen-bond acceptors (Lipinski definition) is 3. The monoisotopic (exact) mass is 280 g/mol. The van der Waals surface area contributed by atoms with E-state index in [1.165, 1.54) is 0 Å². The maximum Gasteiger partial charge on any atom is 0.232 e. The molecule has 1 N–H and O–H groups in total. The highest BCUT2D eigenvalue weighted by Gasteiger charge is 2.31. The zero-order chi connectivity index (χ0) is 13.6. The molecule has 0 unspecified atom stereocenters. The molecule has 0 bridgehead atoms. The van der Waals surface area contributed by atoms with Gasteiger partial charge in [0.05, 0.1) is 11.4 Å². The summed E-state index contributed by atoms with van der Waals surface area (Å²) in [6, 6.07) is 3.71. The second-order valence-electron chi connectivity index (χ2n) is 4.94. The number of nitrogens with one attached hydrogen (secondary N) is 1. The highest BCUT2D eigenvalue weighted by Crippen LogP contribution is 2.38. The van der Waals surface area contributed by atoms with Gasteiger partial charge in [0.15, 0.2) is 0 Å². The molecule has 2 aliphatic rings. The molecule has 1 amide bonds. The number of rotatable bonds is 3. The lowest BCUT2D eigenvalue weighted by molar-refractivity contribution is -0.118. The van der Waals surface area contributed by atoms with Crippen molar-refractivity contribution in [2.24, 2.45) is 0 Å². The summed E-state index contributed by atoms with van der Waals surface area (Å²) >= 11 is 0. The second kappa shape index (κ2) is 4.23.